The molecule has 0 saturated heterocycles. The van der Waals surface area contributed by atoms with E-state index >= 15 is 0 Å². The van der Waals surface area contributed by atoms with E-state index in [1.807, 2.05) is 39.0 Å². The Morgan fingerprint density at radius 2 is 1.48 bits per heavy atom. The van der Waals surface area contributed by atoms with E-state index in [0.717, 1.165) is 46.3 Å². The summed E-state index contributed by atoms with van der Waals surface area (Å²) in [4.78, 5) is 13.1. The molecule has 154 valence electrons. The molecular formula is C24H34LiO3P. The average molecular weight is 408 g/mol. The van der Waals surface area contributed by atoms with Crippen LogP contribution in [0.3, 0.4) is 0 Å². The van der Waals surface area contributed by atoms with Crippen molar-refractivity contribution in [3.8, 4) is 11.5 Å². The molecule has 0 aliphatic heterocycles. The second-order valence-corrected chi connectivity index (χ2v) is 8.80. The summed E-state index contributed by atoms with van der Waals surface area (Å²) in [6, 6.07) is 10.0. The van der Waals surface area contributed by atoms with E-state index < -0.39 is 0 Å². The summed E-state index contributed by atoms with van der Waals surface area (Å²) in [5.74, 6) is 1.54. The van der Waals surface area contributed by atoms with Crippen molar-refractivity contribution in [3.05, 3.63) is 52.6 Å². The number of carbonyl (C=O) groups excluding carboxylic acids is 1. The molecule has 0 amide bonds. The first-order valence-corrected chi connectivity index (χ1v) is 11.1. The number of benzene rings is 2. The summed E-state index contributed by atoms with van der Waals surface area (Å²) in [7, 11) is 0.0181. The van der Waals surface area contributed by atoms with Gasteiger partial charge in [-0.15, -0.1) is 0 Å². The van der Waals surface area contributed by atoms with Crippen molar-refractivity contribution >= 4 is 38.3 Å². The summed E-state index contributed by atoms with van der Waals surface area (Å²) < 4.78 is 12.1. The first-order chi connectivity index (χ1) is 13.2. The number of hydrogen-bond donors (Lipinski definition) is 0. The number of carbonyl (C=O) groups is 1. The quantitative estimate of drug-likeness (QED) is 0.408. The van der Waals surface area contributed by atoms with Crippen molar-refractivity contribution < 1.29 is 14.3 Å². The van der Waals surface area contributed by atoms with Gasteiger partial charge in [-0.3, -0.25) is 4.79 Å². The fourth-order valence-electron chi connectivity index (χ4n) is 3.12. The zero-order valence-corrected chi connectivity index (χ0v) is 19.2. The molecule has 0 saturated carbocycles. The Balaban J connectivity index is 0.00000420. The Bertz CT molecular complexity index is 812. The Morgan fingerprint density at radius 1 is 0.931 bits per heavy atom. The van der Waals surface area contributed by atoms with Gasteiger partial charge in [-0.25, -0.2) is 0 Å². The predicted molar refractivity (Wildman–Crippen MR) is 127 cm³/mol. The molecule has 29 heavy (non-hydrogen) atoms. The Hall–Kier alpha value is -1.26. The maximum absolute atomic E-state index is 13.1. The van der Waals surface area contributed by atoms with Crippen molar-refractivity contribution in [1.29, 1.82) is 0 Å². The molecule has 2 aromatic carbocycles. The van der Waals surface area contributed by atoms with Gasteiger partial charge in [-0.2, -0.15) is 0 Å². The molecule has 0 radical (unpaired) electrons. The first-order valence-electron chi connectivity index (χ1n) is 10.1. The van der Waals surface area contributed by atoms with E-state index in [1.165, 1.54) is 5.56 Å². The zero-order chi connectivity index (χ0) is 20.8. The van der Waals surface area contributed by atoms with Crippen molar-refractivity contribution in [1.82, 2.24) is 0 Å². The molecule has 3 nitrogen and oxygen atoms in total. The summed E-state index contributed by atoms with van der Waals surface area (Å²) in [5, 5.41) is 0.932. The first kappa shape index (κ1) is 25.8. The van der Waals surface area contributed by atoms with Gasteiger partial charge in [0.1, 0.15) is 11.5 Å². The second kappa shape index (κ2) is 11.8. The van der Waals surface area contributed by atoms with Crippen LogP contribution in [0.25, 0.3) is 0 Å². The minimum absolute atomic E-state index is 0. The van der Waals surface area contributed by atoms with Crippen LogP contribution >= 0.6 is 8.58 Å². The van der Waals surface area contributed by atoms with Crippen LogP contribution in [0.4, 0.5) is 0 Å². The number of rotatable bonds is 9. The van der Waals surface area contributed by atoms with Crippen molar-refractivity contribution in [2.24, 2.45) is 0 Å². The SMILES string of the molecule is CCC(C)Oc1ccc(PC(=O)c2c(C)cc(C)cc2C)c(OC(C)CC)c1.[LiH]. The summed E-state index contributed by atoms with van der Waals surface area (Å²) in [5.41, 5.74) is 4.24. The molecule has 0 bridgehead atoms. The van der Waals surface area contributed by atoms with Crippen molar-refractivity contribution in [2.75, 3.05) is 0 Å². The van der Waals surface area contributed by atoms with Gasteiger partial charge in [-0.05, 0) is 79.3 Å². The minimum atomic E-state index is 0. The molecule has 2 rings (SSSR count). The van der Waals surface area contributed by atoms with Crippen molar-refractivity contribution in [2.45, 2.75) is 73.5 Å². The molecule has 3 unspecified atom stereocenters. The van der Waals surface area contributed by atoms with Gasteiger partial charge in [0, 0.05) is 16.9 Å². The molecule has 0 heterocycles. The van der Waals surface area contributed by atoms with Crippen LogP contribution in [0.15, 0.2) is 30.3 Å². The molecule has 0 fully saturated rings. The van der Waals surface area contributed by atoms with Gasteiger partial charge in [0.15, 0.2) is 5.52 Å². The van der Waals surface area contributed by atoms with Gasteiger partial charge >= 0.3 is 18.9 Å². The molecule has 0 N–H and O–H groups in total. The number of ether oxygens (including phenoxy) is 2. The Morgan fingerprint density at radius 3 is 2.03 bits per heavy atom. The van der Waals surface area contributed by atoms with Crippen LogP contribution in [-0.4, -0.2) is 36.6 Å². The monoisotopic (exact) mass is 408 g/mol. The molecule has 0 aliphatic carbocycles. The van der Waals surface area contributed by atoms with Crippen LogP contribution in [0.5, 0.6) is 11.5 Å². The van der Waals surface area contributed by atoms with E-state index in [9.17, 15) is 4.79 Å². The van der Waals surface area contributed by atoms with Gasteiger partial charge in [0.2, 0.25) is 0 Å². The summed E-state index contributed by atoms with van der Waals surface area (Å²) >= 11 is 0. The molecule has 0 spiro atoms. The standard InChI is InChI=1S/C24H33O3P.Li.H/c1-8-18(6)26-20-10-11-22(21(14-20)27-19(7)9-2)28-24(25)23-16(4)12-15(3)13-17(23)5;;/h10-14,18-19,28H,8-9H2,1-7H3;;. The van der Waals surface area contributed by atoms with Crippen LogP contribution < -0.4 is 14.8 Å². The Kier molecular flexibility index (Phi) is 10.5. The number of hydrogen-bond acceptors (Lipinski definition) is 3. The van der Waals surface area contributed by atoms with Gasteiger partial charge in [0.05, 0.1) is 12.2 Å². The molecule has 0 aromatic heterocycles. The van der Waals surface area contributed by atoms with E-state index in [1.54, 1.807) is 0 Å². The Labute approximate surface area is 189 Å². The van der Waals surface area contributed by atoms with Gasteiger partial charge < -0.3 is 9.47 Å². The molecule has 5 heteroatoms. The third-order valence-electron chi connectivity index (χ3n) is 4.92. The molecule has 3 atom stereocenters. The van der Waals surface area contributed by atoms with E-state index in [-0.39, 0.29) is 45.2 Å². The fraction of sp³-hybridized carbons (Fsp3) is 0.458. The second-order valence-electron chi connectivity index (χ2n) is 7.56. The van der Waals surface area contributed by atoms with Crippen molar-refractivity contribution in [3.63, 3.8) is 0 Å². The summed E-state index contributed by atoms with van der Waals surface area (Å²) in [6.45, 7) is 14.4. The average Bonchev–Trinajstić information content (AvgIpc) is 2.62. The van der Waals surface area contributed by atoms with E-state index in [2.05, 4.69) is 39.8 Å². The van der Waals surface area contributed by atoms with E-state index in [0.29, 0.717) is 0 Å². The predicted octanol–water partition coefficient (Wildman–Crippen LogP) is 5.46. The summed E-state index contributed by atoms with van der Waals surface area (Å²) in [6.07, 6.45) is 2.07. The van der Waals surface area contributed by atoms with Crippen LogP contribution in [0.1, 0.15) is 67.6 Å². The van der Waals surface area contributed by atoms with Gasteiger partial charge in [-0.1, -0.05) is 31.5 Å². The normalized spacial score (nSPS) is 13.1. The van der Waals surface area contributed by atoms with Crippen LogP contribution in [0, 0.1) is 20.8 Å². The fourth-order valence-corrected chi connectivity index (χ4v) is 4.30. The van der Waals surface area contributed by atoms with Gasteiger partial charge in [0.25, 0.3) is 0 Å². The third-order valence-corrected chi connectivity index (χ3v) is 6.08. The van der Waals surface area contributed by atoms with Crippen LogP contribution in [-0.2, 0) is 0 Å². The zero-order valence-electron chi connectivity index (χ0n) is 18.2. The van der Waals surface area contributed by atoms with E-state index in [4.69, 9.17) is 9.47 Å². The topological polar surface area (TPSA) is 35.5 Å². The molecule has 2 aromatic rings. The molecule has 0 aliphatic rings. The molecular weight excluding hydrogens is 374 g/mol. The number of aryl methyl sites for hydroxylation is 3. The van der Waals surface area contributed by atoms with Crippen LogP contribution in [0.2, 0.25) is 0 Å². The maximum atomic E-state index is 13.1. The third kappa shape index (κ3) is 7.18.